The number of morpholine rings is 1. The Morgan fingerprint density at radius 2 is 2.00 bits per heavy atom. The molecular weight excluding hydrogens is 530 g/mol. The predicted octanol–water partition coefficient (Wildman–Crippen LogP) is 1.28. The second-order valence-electron chi connectivity index (χ2n) is 9.99. The quantitative estimate of drug-likeness (QED) is 0.272. The summed E-state index contributed by atoms with van der Waals surface area (Å²) in [5.74, 6) is -2.08. The molecule has 2 saturated heterocycles. The van der Waals surface area contributed by atoms with E-state index >= 15 is 0 Å². The number of benzene rings is 1. The number of aromatic nitrogens is 2. The lowest BCUT2D eigenvalue weighted by Crippen LogP contribution is -2.75. The Morgan fingerprint density at radius 3 is 2.72 bits per heavy atom. The number of anilines is 2. The van der Waals surface area contributed by atoms with Gasteiger partial charge in [0, 0.05) is 25.2 Å². The summed E-state index contributed by atoms with van der Waals surface area (Å²) in [6.07, 6.45) is -1.05. The zero-order valence-corrected chi connectivity index (χ0v) is 21.7. The molecule has 2 aromatic heterocycles. The molecule has 3 aromatic rings. The number of urea groups is 1. The minimum absolute atomic E-state index is 0.0829. The van der Waals surface area contributed by atoms with Crippen LogP contribution in [0.25, 0.3) is 11.1 Å². The van der Waals surface area contributed by atoms with Crippen LogP contribution in [0.5, 0.6) is 0 Å². The first-order valence-corrected chi connectivity index (χ1v) is 12.7. The second-order valence-corrected chi connectivity index (χ2v) is 10.4. The minimum atomic E-state index is -1.74. The number of nitrogen functional groups attached to an aromatic ring is 1. The van der Waals surface area contributed by atoms with Gasteiger partial charge in [-0.1, -0.05) is 28.9 Å². The monoisotopic (exact) mass is 553 g/mol. The van der Waals surface area contributed by atoms with Crippen molar-refractivity contribution in [2.75, 3.05) is 17.2 Å². The van der Waals surface area contributed by atoms with E-state index < -0.39 is 41.3 Å². The molecule has 3 aliphatic rings. The Hall–Kier alpha value is -4.23. The van der Waals surface area contributed by atoms with Crippen molar-refractivity contribution in [2.45, 2.75) is 45.1 Å². The summed E-state index contributed by atoms with van der Waals surface area (Å²) in [7, 11) is 0. The van der Waals surface area contributed by atoms with Crippen LogP contribution in [0.4, 0.5) is 16.2 Å². The van der Waals surface area contributed by atoms with Crippen molar-refractivity contribution in [1.29, 1.82) is 0 Å². The van der Waals surface area contributed by atoms with Gasteiger partial charge in [0.2, 0.25) is 17.4 Å². The number of fused-ring (bicyclic) bond motifs is 5. The lowest BCUT2D eigenvalue weighted by atomic mass is 9.67. The number of nitrogens with two attached hydrogens (primary N) is 1. The van der Waals surface area contributed by atoms with E-state index in [2.05, 4.69) is 26.1 Å². The Balaban J connectivity index is 1.44. The number of hydrogen-bond donors (Lipinski definition) is 4. The first kappa shape index (κ1) is 25.1. The van der Waals surface area contributed by atoms with Gasteiger partial charge in [-0.25, -0.2) is 9.78 Å². The lowest BCUT2D eigenvalue weighted by molar-refractivity contribution is -0.153. The lowest BCUT2D eigenvalue weighted by Gasteiger charge is -2.55. The zero-order chi connectivity index (χ0) is 27.6. The number of rotatable bonds is 3. The highest BCUT2D eigenvalue weighted by Gasteiger charge is 2.63. The van der Waals surface area contributed by atoms with Gasteiger partial charge in [0.1, 0.15) is 10.5 Å². The number of nitrogens with zero attached hydrogens (tertiary/aromatic N) is 3. The maximum Gasteiger partial charge on any atom is 0.328 e. The highest BCUT2D eigenvalue weighted by molar-refractivity contribution is 6.38. The van der Waals surface area contributed by atoms with Crippen LogP contribution in [0, 0.1) is 5.41 Å². The van der Waals surface area contributed by atoms with Crippen LogP contribution in [0.2, 0.25) is 5.02 Å². The van der Waals surface area contributed by atoms with E-state index in [0.717, 1.165) is 5.56 Å². The van der Waals surface area contributed by atoms with Crippen molar-refractivity contribution in [2.24, 2.45) is 5.41 Å². The van der Waals surface area contributed by atoms with E-state index in [1.807, 2.05) is 17.9 Å². The summed E-state index contributed by atoms with van der Waals surface area (Å²) in [6, 6.07) is 5.37. The molecule has 5 N–H and O–H groups in total. The van der Waals surface area contributed by atoms with Crippen LogP contribution >= 0.6 is 11.6 Å². The summed E-state index contributed by atoms with van der Waals surface area (Å²) < 4.78 is 11.5. The zero-order valence-electron chi connectivity index (χ0n) is 20.9. The molecule has 0 saturated carbocycles. The predicted molar refractivity (Wildman–Crippen MR) is 138 cm³/mol. The van der Waals surface area contributed by atoms with Gasteiger partial charge in [0.05, 0.1) is 29.6 Å². The number of barbiturate groups is 1. The van der Waals surface area contributed by atoms with E-state index in [-0.39, 0.29) is 53.1 Å². The number of nitrogens with one attached hydrogen (secondary N) is 3. The number of carbonyl (C=O) groups is 4. The molecule has 1 spiro atoms. The number of imide groups is 2. The average molecular weight is 554 g/mol. The third kappa shape index (κ3) is 3.80. The number of amides is 5. The number of halogens is 1. The number of ether oxygens (including phenoxy) is 1. The van der Waals surface area contributed by atoms with E-state index in [4.69, 9.17) is 26.6 Å². The van der Waals surface area contributed by atoms with Crippen molar-refractivity contribution in [1.82, 2.24) is 26.1 Å². The standard InChI is InChI=1S/C25H24ClN7O6/c1-10-9-33-18-14(7-25(20(33)11(2)38-10)22(35)30-24(37)31-23(25)36)29-16-17(32-39-19(16)15(18)26)21(34)28-8-12-4-3-5-13(27)6-12/h3-6,10-11,20H,7-9,27H2,1-2H3,(H,28,34)(H2,30,31,35,36,37)/t10-,11+,20-/m1/s1. The highest BCUT2D eigenvalue weighted by Crippen LogP contribution is 2.50. The maximum atomic E-state index is 13.4. The van der Waals surface area contributed by atoms with E-state index in [1.165, 1.54) is 0 Å². The molecule has 0 radical (unpaired) electrons. The molecule has 0 bridgehead atoms. The third-order valence-electron chi connectivity index (χ3n) is 7.40. The molecule has 39 heavy (non-hydrogen) atoms. The first-order chi connectivity index (χ1) is 18.6. The molecule has 2 fully saturated rings. The van der Waals surface area contributed by atoms with Crippen molar-refractivity contribution in [3.63, 3.8) is 0 Å². The molecule has 202 valence electrons. The summed E-state index contributed by atoms with van der Waals surface area (Å²) in [5, 5.41) is 11.3. The number of carbonyl (C=O) groups excluding carboxylic acids is 4. The molecule has 3 atom stereocenters. The van der Waals surface area contributed by atoms with Crippen molar-refractivity contribution >= 4 is 57.8 Å². The van der Waals surface area contributed by atoms with Gasteiger partial charge in [-0.2, -0.15) is 0 Å². The average Bonchev–Trinajstić information content (AvgIpc) is 3.29. The van der Waals surface area contributed by atoms with Crippen LogP contribution in [0.3, 0.4) is 0 Å². The fourth-order valence-electron chi connectivity index (χ4n) is 5.87. The van der Waals surface area contributed by atoms with Gasteiger partial charge >= 0.3 is 6.03 Å². The van der Waals surface area contributed by atoms with Crippen molar-refractivity contribution in [3.05, 3.63) is 46.2 Å². The van der Waals surface area contributed by atoms with Crippen LogP contribution in [-0.2, 0) is 27.3 Å². The molecule has 0 aliphatic carbocycles. The molecule has 13 nitrogen and oxygen atoms in total. The van der Waals surface area contributed by atoms with E-state index in [0.29, 0.717) is 11.4 Å². The number of pyridine rings is 1. The molecule has 14 heteroatoms. The van der Waals surface area contributed by atoms with Gasteiger partial charge in [0.15, 0.2) is 11.1 Å². The Kier molecular flexibility index (Phi) is 5.73. The molecule has 1 aromatic carbocycles. The minimum Gasteiger partial charge on any atom is -0.399 e. The van der Waals surface area contributed by atoms with Crippen LogP contribution < -0.4 is 26.6 Å². The summed E-state index contributed by atoms with van der Waals surface area (Å²) in [6.45, 7) is 4.08. The van der Waals surface area contributed by atoms with Gasteiger partial charge < -0.3 is 25.2 Å². The van der Waals surface area contributed by atoms with Gasteiger partial charge in [0.25, 0.3) is 5.91 Å². The van der Waals surface area contributed by atoms with Gasteiger partial charge in [-0.3, -0.25) is 25.0 Å². The Morgan fingerprint density at radius 1 is 1.26 bits per heavy atom. The van der Waals surface area contributed by atoms with Crippen molar-refractivity contribution in [3.8, 4) is 0 Å². The summed E-state index contributed by atoms with van der Waals surface area (Å²) in [4.78, 5) is 58.2. The van der Waals surface area contributed by atoms with Crippen molar-refractivity contribution < 1.29 is 28.4 Å². The first-order valence-electron chi connectivity index (χ1n) is 12.3. The smallest absolute Gasteiger partial charge is 0.328 e. The second kappa shape index (κ2) is 8.92. The number of hydrogen-bond acceptors (Lipinski definition) is 10. The molecule has 3 aliphatic heterocycles. The summed E-state index contributed by atoms with van der Waals surface area (Å²) >= 11 is 6.85. The van der Waals surface area contributed by atoms with E-state index in [1.54, 1.807) is 25.1 Å². The molecule has 6 rings (SSSR count). The third-order valence-corrected chi connectivity index (χ3v) is 7.75. The fraction of sp³-hybridized carbons (Fsp3) is 0.360. The van der Waals surface area contributed by atoms with E-state index in [9.17, 15) is 19.2 Å². The molecular formula is C25H24ClN7O6. The Labute approximate surface area is 226 Å². The SMILES string of the molecule is C[C@@H]1CN2c3c(nc4c(C(=O)NCc5cccc(N)c5)noc4c3Cl)CC3(C(=O)NC(=O)NC3=O)[C@H]2[C@H](C)O1. The van der Waals surface area contributed by atoms with Gasteiger partial charge in [-0.05, 0) is 31.5 Å². The molecule has 5 heterocycles. The topological polar surface area (TPSA) is 182 Å². The van der Waals surface area contributed by atoms with Crippen LogP contribution in [-0.4, -0.2) is 58.7 Å². The normalized spacial score (nSPS) is 23.7. The molecule has 5 amide bonds. The van der Waals surface area contributed by atoms with Crippen LogP contribution in [0.15, 0.2) is 28.8 Å². The largest absolute Gasteiger partial charge is 0.399 e. The highest BCUT2D eigenvalue weighted by atomic mass is 35.5. The maximum absolute atomic E-state index is 13.4. The molecule has 0 unspecified atom stereocenters. The van der Waals surface area contributed by atoms with Gasteiger partial charge in [-0.15, -0.1) is 0 Å². The summed E-state index contributed by atoms with van der Waals surface area (Å²) in [5.41, 5.74) is 6.24. The Bertz CT molecular complexity index is 1550. The fourth-order valence-corrected chi connectivity index (χ4v) is 6.22. The van der Waals surface area contributed by atoms with Crippen LogP contribution in [0.1, 0.15) is 35.6 Å².